The Labute approximate surface area is 159 Å². The molecule has 0 fully saturated rings. The Morgan fingerprint density at radius 3 is 1.96 bits per heavy atom. The van der Waals surface area contributed by atoms with E-state index in [-0.39, 0.29) is 0 Å². The van der Waals surface area contributed by atoms with Crippen LogP contribution in [0, 0.1) is 0 Å². The van der Waals surface area contributed by atoms with Crippen LogP contribution in [0.2, 0.25) is 0 Å². The highest BCUT2D eigenvalue weighted by Gasteiger charge is 2.17. The van der Waals surface area contributed by atoms with E-state index < -0.39 is 0 Å². The molecule has 3 aromatic rings. The standard InChI is InChI=1S/C23H22O4/c1-15(17-10-9-16-7-5-6-8-18(16)11-17)20(14-24)19-12-21(25-2)23(27-4)22(13-19)26-3/h5-14H,1-4H3. The summed E-state index contributed by atoms with van der Waals surface area (Å²) in [6, 6.07) is 17.9. The van der Waals surface area contributed by atoms with Crippen LogP contribution in [-0.2, 0) is 4.79 Å². The first-order valence-electron chi connectivity index (χ1n) is 8.58. The van der Waals surface area contributed by atoms with Gasteiger partial charge >= 0.3 is 0 Å². The fourth-order valence-electron chi connectivity index (χ4n) is 3.19. The van der Waals surface area contributed by atoms with Crippen molar-refractivity contribution in [3.63, 3.8) is 0 Å². The van der Waals surface area contributed by atoms with Crippen molar-refractivity contribution in [1.29, 1.82) is 0 Å². The van der Waals surface area contributed by atoms with E-state index >= 15 is 0 Å². The zero-order valence-electron chi connectivity index (χ0n) is 15.9. The molecule has 0 spiro atoms. The van der Waals surface area contributed by atoms with Crippen LogP contribution >= 0.6 is 0 Å². The van der Waals surface area contributed by atoms with E-state index in [0.29, 0.717) is 28.4 Å². The Hall–Kier alpha value is -3.27. The summed E-state index contributed by atoms with van der Waals surface area (Å²) in [5, 5.41) is 2.29. The second kappa shape index (κ2) is 7.96. The molecule has 0 radical (unpaired) electrons. The lowest BCUT2D eigenvalue weighted by Gasteiger charge is -2.15. The van der Waals surface area contributed by atoms with Crippen molar-refractivity contribution in [2.75, 3.05) is 21.3 Å². The van der Waals surface area contributed by atoms with E-state index in [1.54, 1.807) is 33.5 Å². The van der Waals surface area contributed by atoms with Crippen LogP contribution in [0.5, 0.6) is 17.2 Å². The molecule has 3 aromatic carbocycles. The van der Waals surface area contributed by atoms with Crippen molar-refractivity contribution >= 4 is 28.2 Å². The second-order valence-electron chi connectivity index (χ2n) is 6.13. The largest absolute Gasteiger partial charge is 0.493 e. The molecule has 0 saturated carbocycles. The number of methoxy groups -OCH3 is 3. The predicted octanol–water partition coefficient (Wildman–Crippen LogP) is 5.00. The van der Waals surface area contributed by atoms with Crippen LogP contribution in [0.4, 0.5) is 0 Å². The Bertz CT molecular complexity index is 993. The summed E-state index contributed by atoms with van der Waals surface area (Å²) in [5.74, 6) is 1.52. The lowest BCUT2D eigenvalue weighted by molar-refractivity contribution is -0.103. The summed E-state index contributed by atoms with van der Waals surface area (Å²) in [5.41, 5.74) is 3.16. The van der Waals surface area contributed by atoms with Crippen molar-refractivity contribution in [2.24, 2.45) is 0 Å². The molecular formula is C23H22O4. The third kappa shape index (κ3) is 3.51. The van der Waals surface area contributed by atoms with Gasteiger partial charge in [-0.25, -0.2) is 0 Å². The molecule has 0 aliphatic rings. The fraction of sp³-hybridized carbons (Fsp3) is 0.174. The average Bonchev–Trinajstić information content (AvgIpc) is 2.72. The van der Waals surface area contributed by atoms with Crippen LogP contribution in [-0.4, -0.2) is 27.6 Å². The van der Waals surface area contributed by atoms with Crippen molar-refractivity contribution < 1.29 is 19.0 Å². The smallest absolute Gasteiger partial charge is 0.203 e. The average molecular weight is 362 g/mol. The maximum absolute atomic E-state index is 12.0. The van der Waals surface area contributed by atoms with Gasteiger partial charge in [-0.05, 0) is 52.6 Å². The number of carbonyl (C=O) groups is 1. The third-order valence-corrected chi connectivity index (χ3v) is 4.68. The zero-order chi connectivity index (χ0) is 19.4. The van der Waals surface area contributed by atoms with Crippen LogP contribution in [0.3, 0.4) is 0 Å². The lowest BCUT2D eigenvalue weighted by atomic mass is 9.94. The molecule has 4 nitrogen and oxygen atoms in total. The van der Waals surface area contributed by atoms with Gasteiger partial charge in [-0.2, -0.15) is 0 Å². The highest BCUT2D eigenvalue weighted by atomic mass is 16.5. The molecule has 0 unspecified atom stereocenters. The monoisotopic (exact) mass is 362 g/mol. The van der Waals surface area contributed by atoms with Crippen molar-refractivity contribution in [3.05, 3.63) is 65.7 Å². The van der Waals surface area contributed by atoms with Gasteiger partial charge in [-0.1, -0.05) is 36.4 Å². The number of benzene rings is 3. The summed E-state index contributed by atoms with van der Waals surface area (Å²) in [7, 11) is 4.67. The second-order valence-corrected chi connectivity index (χ2v) is 6.13. The zero-order valence-corrected chi connectivity index (χ0v) is 15.9. The Morgan fingerprint density at radius 2 is 1.41 bits per heavy atom. The topological polar surface area (TPSA) is 44.8 Å². The van der Waals surface area contributed by atoms with Gasteiger partial charge in [0.25, 0.3) is 0 Å². The number of fused-ring (bicyclic) bond motifs is 1. The van der Waals surface area contributed by atoms with Crippen LogP contribution in [0.15, 0.2) is 54.6 Å². The molecule has 138 valence electrons. The van der Waals surface area contributed by atoms with Gasteiger partial charge in [0.05, 0.1) is 21.3 Å². The predicted molar refractivity (Wildman–Crippen MR) is 109 cm³/mol. The number of hydrogen-bond donors (Lipinski definition) is 0. The van der Waals surface area contributed by atoms with E-state index in [1.165, 1.54) is 0 Å². The molecule has 27 heavy (non-hydrogen) atoms. The Kier molecular flexibility index (Phi) is 5.46. The highest BCUT2D eigenvalue weighted by Crippen LogP contribution is 2.40. The summed E-state index contributed by atoms with van der Waals surface area (Å²) in [4.78, 5) is 12.0. The summed E-state index contributed by atoms with van der Waals surface area (Å²) in [6.07, 6.45) is 0.866. The van der Waals surface area contributed by atoms with Crippen molar-refractivity contribution in [1.82, 2.24) is 0 Å². The van der Waals surface area contributed by atoms with Crippen LogP contribution in [0.25, 0.3) is 21.9 Å². The molecular weight excluding hydrogens is 340 g/mol. The molecule has 4 heteroatoms. The molecule has 0 heterocycles. The van der Waals surface area contributed by atoms with Gasteiger partial charge in [0.15, 0.2) is 17.8 Å². The summed E-state index contributed by atoms with van der Waals surface area (Å²) >= 11 is 0. The summed E-state index contributed by atoms with van der Waals surface area (Å²) < 4.78 is 16.2. The van der Waals surface area contributed by atoms with E-state index in [9.17, 15) is 4.79 Å². The lowest BCUT2D eigenvalue weighted by Crippen LogP contribution is -1.98. The minimum Gasteiger partial charge on any atom is -0.493 e. The van der Waals surface area contributed by atoms with Gasteiger partial charge in [-0.3, -0.25) is 4.79 Å². The quantitative estimate of drug-likeness (QED) is 0.352. The number of allylic oxidation sites excluding steroid dienone is 2. The molecule has 0 atom stereocenters. The first-order chi connectivity index (χ1) is 13.1. The first kappa shape index (κ1) is 18.5. The number of ether oxygens (including phenoxy) is 3. The Morgan fingerprint density at radius 1 is 0.778 bits per heavy atom. The van der Waals surface area contributed by atoms with Gasteiger partial charge in [0.1, 0.15) is 0 Å². The molecule has 0 aromatic heterocycles. The molecule has 0 amide bonds. The van der Waals surface area contributed by atoms with Crippen molar-refractivity contribution in [2.45, 2.75) is 6.92 Å². The van der Waals surface area contributed by atoms with Crippen LogP contribution < -0.4 is 14.2 Å². The van der Waals surface area contributed by atoms with E-state index in [2.05, 4.69) is 24.3 Å². The van der Waals surface area contributed by atoms with E-state index in [1.807, 2.05) is 25.1 Å². The Balaban J connectivity index is 2.18. The highest BCUT2D eigenvalue weighted by molar-refractivity contribution is 6.17. The van der Waals surface area contributed by atoms with Gasteiger partial charge in [0, 0.05) is 5.57 Å². The van der Waals surface area contributed by atoms with Gasteiger partial charge < -0.3 is 14.2 Å². The minimum atomic E-state index is 0.498. The van der Waals surface area contributed by atoms with Crippen molar-refractivity contribution in [3.8, 4) is 17.2 Å². The third-order valence-electron chi connectivity index (χ3n) is 4.68. The summed E-state index contributed by atoms with van der Waals surface area (Å²) in [6.45, 7) is 1.94. The van der Waals surface area contributed by atoms with Gasteiger partial charge in [0.2, 0.25) is 5.75 Å². The van der Waals surface area contributed by atoms with E-state index in [0.717, 1.165) is 28.2 Å². The maximum atomic E-state index is 12.0. The molecule has 3 rings (SSSR count). The minimum absolute atomic E-state index is 0.498. The fourth-order valence-corrected chi connectivity index (χ4v) is 3.19. The number of hydrogen-bond acceptors (Lipinski definition) is 4. The molecule has 0 aliphatic carbocycles. The molecule has 0 bridgehead atoms. The maximum Gasteiger partial charge on any atom is 0.203 e. The molecule has 0 aliphatic heterocycles. The number of carbonyl (C=O) groups excluding carboxylic acids is 1. The SMILES string of the molecule is COc1cc(C(C=O)=C(C)c2ccc3ccccc3c2)cc(OC)c1OC. The first-order valence-corrected chi connectivity index (χ1v) is 8.58. The molecule has 0 saturated heterocycles. The molecule has 0 N–H and O–H groups in total. The normalized spacial score (nSPS) is 11.7. The van der Waals surface area contributed by atoms with E-state index in [4.69, 9.17) is 14.2 Å². The number of aldehydes is 1. The van der Waals surface area contributed by atoms with Gasteiger partial charge in [-0.15, -0.1) is 0 Å². The number of rotatable bonds is 6. The van der Waals surface area contributed by atoms with Crippen LogP contribution in [0.1, 0.15) is 18.1 Å².